The van der Waals surface area contributed by atoms with E-state index in [1.807, 2.05) is 10.9 Å². The summed E-state index contributed by atoms with van der Waals surface area (Å²) in [5.74, 6) is 0. The van der Waals surface area contributed by atoms with E-state index in [-0.39, 0.29) is 0 Å². The van der Waals surface area contributed by atoms with Gasteiger partial charge in [0, 0.05) is 38.4 Å². The van der Waals surface area contributed by atoms with Crippen LogP contribution in [0.2, 0.25) is 0 Å². The highest BCUT2D eigenvalue weighted by Gasteiger charge is 2.20. The van der Waals surface area contributed by atoms with Crippen LogP contribution in [0.4, 0.5) is 0 Å². The van der Waals surface area contributed by atoms with Crippen LogP contribution in [0.1, 0.15) is 31.9 Å². The molecule has 5 nitrogen and oxygen atoms in total. The molecule has 108 valence electrons. The lowest BCUT2D eigenvalue weighted by Gasteiger charge is -2.34. The van der Waals surface area contributed by atoms with Crippen LogP contribution in [0, 0.1) is 0 Å². The lowest BCUT2D eigenvalue weighted by Crippen LogP contribution is -2.44. The molecule has 1 saturated heterocycles. The number of nitrogens with one attached hydrogen (secondary N) is 1. The number of likely N-dealkylation sites (tertiary alicyclic amines) is 1. The molecule has 0 radical (unpaired) electrons. The van der Waals surface area contributed by atoms with Gasteiger partial charge in [-0.1, -0.05) is 6.42 Å². The van der Waals surface area contributed by atoms with E-state index in [4.69, 9.17) is 0 Å². The molecule has 0 bridgehead atoms. The Labute approximate surface area is 115 Å². The van der Waals surface area contributed by atoms with Crippen LogP contribution >= 0.6 is 0 Å². The van der Waals surface area contributed by atoms with Gasteiger partial charge in [-0.15, -0.1) is 0 Å². The molecule has 2 N–H and O–H groups in total. The Morgan fingerprint density at radius 1 is 1.47 bits per heavy atom. The smallest absolute Gasteiger partial charge is 0.0762 e. The molecule has 0 saturated carbocycles. The lowest BCUT2D eigenvalue weighted by molar-refractivity contribution is 0.0910. The predicted molar refractivity (Wildman–Crippen MR) is 75.9 cm³/mol. The predicted octanol–water partition coefficient (Wildman–Crippen LogP) is 0.839. The van der Waals surface area contributed by atoms with Gasteiger partial charge in [-0.3, -0.25) is 9.58 Å². The fourth-order valence-electron chi connectivity index (χ4n) is 2.67. The maximum Gasteiger partial charge on any atom is 0.0762 e. The molecular weight excluding hydrogens is 240 g/mol. The molecule has 1 fully saturated rings. The zero-order chi connectivity index (χ0) is 13.5. The highest BCUT2D eigenvalue weighted by atomic mass is 16.3. The molecule has 19 heavy (non-hydrogen) atoms. The summed E-state index contributed by atoms with van der Waals surface area (Å²) in [6.45, 7) is 7.22. The van der Waals surface area contributed by atoms with E-state index in [0.29, 0.717) is 12.6 Å². The van der Waals surface area contributed by atoms with Gasteiger partial charge in [-0.05, 0) is 32.4 Å². The van der Waals surface area contributed by atoms with Gasteiger partial charge < -0.3 is 10.4 Å². The number of rotatable bonds is 7. The van der Waals surface area contributed by atoms with Crippen molar-refractivity contribution in [2.24, 2.45) is 0 Å². The maximum absolute atomic E-state index is 9.35. The number of hydrogen-bond acceptors (Lipinski definition) is 4. The Morgan fingerprint density at radius 3 is 3.11 bits per heavy atom. The zero-order valence-corrected chi connectivity index (χ0v) is 11.9. The van der Waals surface area contributed by atoms with Gasteiger partial charge in [0.1, 0.15) is 0 Å². The molecule has 0 amide bonds. The van der Waals surface area contributed by atoms with Gasteiger partial charge in [0.25, 0.3) is 0 Å². The molecular formula is C14H26N4O. The second-order valence-corrected chi connectivity index (χ2v) is 5.21. The summed E-state index contributed by atoms with van der Waals surface area (Å²) in [6, 6.07) is 2.43. The van der Waals surface area contributed by atoms with Gasteiger partial charge in [0.15, 0.2) is 0 Å². The third-order valence-electron chi connectivity index (χ3n) is 3.86. The Kier molecular flexibility index (Phi) is 5.82. The van der Waals surface area contributed by atoms with Crippen LogP contribution in [0.3, 0.4) is 0 Å². The summed E-state index contributed by atoms with van der Waals surface area (Å²) >= 11 is 0. The topological polar surface area (TPSA) is 53.3 Å². The number of aromatic nitrogens is 2. The first-order chi connectivity index (χ1) is 9.33. The van der Waals surface area contributed by atoms with Crippen molar-refractivity contribution in [2.75, 3.05) is 26.2 Å². The number of hydrogen-bond donors (Lipinski definition) is 2. The van der Waals surface area contributed by atoms with Crippen LogP contribution in [-0.4, -0.2) is 52.1 Å². The summed E-state index contributed by atoms with van der Waals surface area (Å²) in [5.41, 5.74) is 1.10. The normalized spacial score (nSPS) is 20.8. The number of piperidine rings is 1. The zero-order valence-electron chi connectivity index (χ0n) is 11.9. The molecule has 1 atom stereocenters. The monoisotopic (exact) mass is 266 g/mol. The third-order valence-corrected chi connectivity index (χ3v) is 3.86. The number of aryl methyl sites for hydroxylation is 1. The van der Waals surface area contributed by atoms with Crippen LogP contribution in [0.25, 0.3) is 0 Å². The number of nitrogens with zero attached hydrogens (tertiary/aromatic N) is 3. The number of aliphatic hydroxyl groups excluding tert-OH is 1. The molecule has 1 unspecified atom stereocenters. The fourth-order valence-corrected chi connectivity index (χ4v) is 2.67. The molecule has 1 aliphatic heterocycles. The Bertz CT molecular complexity index is 366. The molecule has 1 aromatic heterocycles. The lowest BCUT2D eigenvalue weighted by atomic mass is 10.0. The third kappa shape index (κ3) is 4.30. The van der Waals surface area contributed by atoms with Crippen LogP contribution in [0.5, 0.6) is 0 Å². The first-order valence-corrected chi connectivity index (χ1v) is 7.41. The van der Waals surface area contributed by atoms with Crippen molar-refractivity contribution in [1.29, 1.82) is 0 Å². The van der Waals surface area contributed by atoms with Gasteiger partial charge in [0.2, 0.25) is 0 Å². The van der Waals surface area contributed by atoms with Gasteiger partial charge in [-0.25, -0.2) is 0 Å². The van der Waals surface area contributed by atoms with E-state index >= 15 is 0 Å². The highest BCUT2D eigenvalue weighted by Crippen LogP contribution is 2.15. The van der Waals surface area contributed by atoms with Crippen molar-refractivity contribution in [2.45, 2.75) is 45.3 Å². The first kappa shape index (κ1) is 14.5. The average molecular weight is 266 g/mol. The van der Waals surface area contributed by atoms with Crippen molar-refractivity contribution < 1.29 is 5.11 Å². The Morgan fingerprint density at radius 2 is 2.37 bits per heavy atom. The Hall–Kier alpha value is -0.910. The van der Waals surface area contributed by atoms with E-state index in [0.717, 1.165) is 44.8 Å². The summed E-state index contributed by atoms with van der Waals surface area (Å²) < 4.78 is 1.95. The molecule has 1 aliphatic rings. The standard InChI is InChI=1S/C14H26N4O/c1-2-18-9-6-13(16-18)11-15-7-10-17-8-4-3-5-14(17)12-19/h6,9,14-15,19H,2-5,7-8,10-12H2,1H3. The van der Waals surface area contributed by atoms with Gasteiger partial charge in [-0.2, -0.15) is 5.10 Å². The van der Waals surface area contributed by atoms with Crippen molar-refractivity contribution in [3.05, 3.63) is 18.0 Å². The maximum atomic E-state index is 9.35. The van der Waals surface area contributed by atoms with Crippen LogP contribution in [0.15, 0.2) is 12.3 Å². The van der Waals surface area contributed by atoms with Crippen LogP contribution in [-0.2, 0) is 13.1 Å². The van der Waals surface area contributed by atoms with E-state index in [9.17, 15) is 5.11 Å². The first-order valence-electron chi connectivity index (χ1n) is 7.41. The van der Waals surface area contributed by atoms with Gasteiger partial charge >= 0.3 is 0 Å². The minimum atomic E-state index is 0.293. The van der Waals surface area contributed by atoms with E-state index in [1.54, 1.807) is 0 Å². The molecule has 0 aliphatic carbocycles. The van der Waals surface area contributed by atoms with Crippen LogP contribution < -0.4 is 5.32 Å². The summed E-state index contributed by atoms with van der Waals surface area (Å²) in [6.07, 6.45) is 5.67. The summed E-state index contributed by atoms with van der Waals surface area (Å²) in [7, 11) is 0. The largest absolute Gasteiger partial charge is 0.395 e. The highest BCUT2D eigenvalue weighted by molar-refractivity contribution is 4.98. The minimum absolute atomic E-state index is 0.293. The molecule has 0 spiro atoms. The second-order valence-electron chi connectivity index (χ2n) is 5.21. The summed E-state index contributed by atoms with van der Waals surface area (Å²) in [4.78, 5) is 2.40. The fraction of sp³-hybridized carbons (Fsp3) is 0.786. The van der Waals surface area contributed by atoms with Crippen molar-refractivity contribution >= 4 is 0 Å². The van der Waals surface area contributed by atoms with Crippen molar-refractivity contribution in [3.63, 3.8) is 0 Å². The molecule has 1 aromatic rings. The quantitative estimate of drug-likeness (QED) is 0.718. The van der Waals surface area contributed by atoms with Crippen molar-refractivity contribution in [3.8, 4) is 0 Å². The van der Waals surface area contributed by atoms with Crippen molar-refractivity contribution in [1.82, 2.24) is 20.0 Å². The molecule has 5 heteroatoms. The van der Waals surface area contributed by atoms with E-state index < -0.39 is 0 Å². The Balaban J connectivity index is 1.65. The average Bonchev–Trinajstić information content (AvgIpc) is 2.92. The second kappa shape index (κ2) is 7.62. The SMILES string of the molecule is CCn1ccc(CNCCN2CCCCC2CO)n1. The van der Waals surface area contributed by atoms with E-state index in [2.05, 4.69) is 28.3 Å². The van der Waals surface area contributed by atoms with E-state index in [1.165, 1.54) is 12.8 Å². The summed E-state index contributed by atoms with van der Waals surface area (Å²) in [5, 5.41) is 17.2. The molecule has 2 rings (SSSR count). The molecule has 2 heterocycles. The minimum Gasteiger partial charge on any atom is -0.395 e. The molecule has 0 aromatic carbocycles. The van der Waals surface area contributed by atoms with Gasteiger partial charge in [0.05, 0.1) is 12.3 Å². The number of aliphatic hydroxyl groups is 1.